The van der Waals surface area contributed by atoms with Crippen LogP contribution in [0.2, 0.25) is 0 Å². The van der Waals surface area contributed by atoms with Crippen molar-refractivity contribution in [3.63, 3.8) is 0 Å². The Labute approximate surface area is 218 Å². The summed E-state index contributed by atoms with van der Waals surface area (Å²) in [5, 5.41) is 4.46. The Hall–Kier alpha value is -3.59. The van der Waals surface area contributed by atoms with Gasteiger partial charge in [0.05, 0.1) is 17.7 Å². The third-order valence-corrected chi connectivity index (χ3v) is 8.52. The highest BCUT2D eigenvalue weighted by atomic mass is 32.2. The number of ether oxygens (including phenoxy) is 1. The third kappa shape index (κ3) is 5.41. The Balaban J connectivity index is 1.48. The summed E-state index contributed by atoms with van der Waals surface area (Å²) in [4.78, 5) is 28.0. The topological polar surface area (TPSA) is 96.0 Å². The van der Waals surface area contributed by atoms with Crippen LogP contribution in [0.25, 0.3) is 10.8 Å². The number of rotatable bonds is 11. The highest BCUT2D eigenvalue weighted by Gasteiger charge is 2.35. The van der Waals surface area contributed by atoms with Crippen molar-refractivity contribution < 1.29 is 22.7 Å². The summed E-state index contributed by atoms with van der Waals surface area (Å²) < 4.78 is 33.1. The Kier molecular flexibility index (Phi) is 8.02. The molecule has 0 unspecified atom stereocenters. The summed E-state index contributed by atoms with van der Waals surface area (Å²) in [5.41, 5.74) is 1.51. The van der Waals surface area contributed by atoms with Gasteiger partial charge in [-0.3, -0.25) is 13.9 Å². The van der Waals surface area contributed by atoms with Crippen molar-refractivity contribution in [2.45, 2.75) is 50.6 Å². The minimum Gasteiger partial charge on any atom is -0.497 e. The fourth-order valence-corrected chi connectivity index (χ4v) is 6.37. The number of methoxy groups -OCH3 is 1. The molecule has 0 aliphatic carbocycles. The minimum atomic E-state index is -3.68. The fraction of sp³-hybridized carbons (Fsp3) is 0.357. The summed E-state index contributed by atoms with van der Waals surface area (Å²) in [6, 6.07) is 17.5. The van der Waals surface area contributed by atoms with Gasteiger partial charge in [-0.05, 0) is 55.0 Å². The van der Waals surface area contributed by atoms with Crippen LogP contribution in [0.5, 0.6) is 5.75 Å². The van der Waals surface area contributed by atoms with Gasteiger partial charge in [0.15, 0.2) is 0 Å². The average molecular weight is 524 g/mol. The number of nitrogens with one attached hydrogen (secondary N) is 1. The van der Waals surface area contributed by atoms with E-state index in [1.54, 1.807) is 37.1 Å². The van der Waals surface area contributed by atoms with Crippen molar-refractivity contribution in [3.05, 3.63) is 66.2 Å². The number of hydrogen-bond donors (Lipinski definition) is 1. The second kappa shape index (κ2) is 11.2. The minimum absolute atomic E-state index is 0.111. The zero-order chi connectivity index (χ0) is 26.6. The summed E-state index contributed by atoms with van der Waals surface area (Å²) >= 11 is 0. The summed E-state index contributed by atoms with van der Waals surface area (Å²) in [5.74, 6) is 0.286. The highest BCUT2D eigenvalue weighted by Crippen LogP contribution is 2.42. The van der Waals surface area contributed by atoms with Crippen LogP contribution in [0, 0.1) is 0 Å². The monoisotopic (exact) mass is 523 g/mol. The maximum atomic E-state index is 13.4. The highest BCUT2D eigenvalue weighted by molar-refractivity contribution is 7.93. The molecule has 1 heterocycles. The predicted molar refractivity (Wildman–Crippen MR) is 144 cm³/mol. The molecule has 1 aliphatic heterocycles. The molecule has 0 saturated heterocycles. The van der Waals surface area contributed by atoms with Crippen LogP contribution < -0.4 is 14.4 Å². The maximum Gasteiger partial charge on any atom is 0.265 e. The van der Waals surface area contributed by atoms with Crippen LogP contribution in [-0.2, 0) is 26.2 Å². The molecule has 0 aromatic heterocycles. The molecule has 3 aromatic rings. The van der Waals surface area contributed by atoms with Gasteiger partial charge in [-0.25, -0.2) is 8.42 Å². The van der Waals surface area contributed by atoms with E-state index in [1.807, 2.05) is 49.4 Å². The fourth-order valence-electron chi connectivity index (χ4n) is 4.62. The number of nitrogens with zero attached hydrogens (tertiary/aromatic N) is 2. The number of benzene rings is 3. The Morgan fingerprint density at radius 2 is 1.76 bits per heavy atom. The lowest BCUT2D eigenvalue weighted by molar-refractivity contribution is -0.140. The lowest BCUT2D eigenvalue weighted by Gasteiger charge is -2.29. The molecule has 0 spiro atoms. The first-order valence-electron chi connectivity index (χ1n) is 12.5. The molecule has 4 rings (SSSR count). The largest absolute Gasteiger partial charge is 0.497 e. The van der Waals surface area contributed by atoms with E-state index >= 15 is 0 Å². The van der Waals surface area contributed by atoms with Gasteiger partial charge in [0.1, 0.15) is 11.8 Å². The van der Waals surface area contributed by atoms with E-state index in [2.05, 4.69) is 5.32 Å². The van der Waals surface area contributed by atoms with E-state index < -0.39 is 16.1 Å². The molecular weight excluding hydrogens is 490 g/mol. The van der Waals surface area contributed by atoms with Gasteiger partial charge in [0, 0.05) is 31.4 Å². The molecule has 3 aromatic carbocycles. The molecular formula is C28H33N3O5S. The second-order valence-corrected chi connectivity index (χ2v) is 11.0. The quantitative estimate of drug-likeness (QED) is 0.409. The van der Waals surface area contributed by atoms with Crippen molar-refractivity contribution >= 4 is 38.3 Å². The van der Waals surface area contributed by atoms with Crippen molar-refractivity contribution in [1.29, 1.82) is 0 Å². The van der Waals surface area contributed by atoms with Gasteiger partial charge in [0.25, 0.3) is 10.0 Å². The normalized spacial score (nSPS) is 14.4. The van der Waals surface area contributed by atoms with E-state index in [9.17, 15) is 18.0 Å². The van der Waals surface area contributed by atoms with Crippen LogP contribution in [0.4, 0.5) is 5.69 Å². The molecule has 196 valence electrons. The number of anilines is 1. The van der Waals surface area contributed by atoms with Crippen LogP contribution in [0.1, 0.15) is 38.7 Å². The van der Waals surface area contributed by atoms with E-state index in [1.165, 1.54) is 4.31 Å². The van der Waals surface area contributed by atoms with E-state index in [4.69, 9.17) is 4.74 Å². The Bertz CT molecular complexity index is 1380. The van der Waals surface area contributed by atoms with Crippen LogP contribution >= 0.6 is 0 Å². The van der Waals surface area contributed by atoms with Crippen molar-refractivity contribution in [3.8, 4) is 5.75 Å². The van der Waals surface area contributed by atoms with Gasteiger partial charge in [0.2, 0.25) is 11.8 Å². The van der Waals surface area contributed by atoms with Gasteiger partial charge in [-0.2, -0.15) is 0 Å². The molecule has 1 N–H and O–H groups in total. The molecule has 0 saturated carbocycles. The number of amides is 2. The van der Waals surface area contributed by atoms with Crippen molar-refractivity contribution in [1.82, 2.24) is 10.2 Å². The summed E-state index contributed by atoms with van der Waals surface area (Å²) in [6.45, 7) is 4.66. The molecule has 8 nitrogen and oxygen atoms in total. The van der Waals surface area contributed by atoms with Crippen molar-refractivity contribution in [2.75, 3.05) is 24.5 Å². The Morgan fingerprint density at radius 3 is 2.43 bits per heavy atom. The standard InChI is InChI=1S/C28H33N3O5S/c1-4-17-29-28(33)20(2)30(19-21-13-15-23(36-3)16-14-21)26(32)12-7-18-31-24-10-5-8-22-9-6-11-25(27(22)24)37(31,34)35/h5-6,8-11,13-16,20H,4,7,12,17-19H2,1-3H3,(H,29,33)/t20-/m0/s1. The average Bonchev–Trinajstić information content (AvgIpc) is 3.13. The first-order chi connectivity index (χ1) is 17.8. The lowest BCUT2D eigenvalue weighted by atomic mass is 10.1. The SMILES string of the molecule is CCCNC(=O)[C@H](C)N(Cc1ccc(OC)cc1)C(=O)CCCN1c2cccc3cccc(c23)S1(=O)=O. The Morgan fingerprint density at radius 1 is 1.05 bits per heavy atom. The number of carbonyl (C=O) groups excluding carboxylic acids is 2. The molecule has 37 heavy (non-hydrogen) atoms. The van der Waals surface area contributed by atoms with E-state index in [-0.39, 0.29) is 31.3 Å². The van der Waals surface area contributed by atoms with Crippen LogP contribution in [0.3, 0.4) is 0 Å². The van der Waals surface area contributed by atoms with Gasteiger partial charge in [-0.15, -0.1) is 0 Å². The van der Waals surface area contributed by atoms with E-state index in [0.717, 1.165) is 22.8 Å². The van der Waals surface area contributed by atoms with Crippen molar-refractivity contribution in [2.24, 2.45) is 0 Å². The van der Waals surface area contributed by atoms with Gasteiger partial charge < -0.3 is 15.0 Å². The summed E-state index contributed by atoms with van der Waals surface area (Å²) in [7, 11) is -2.09. The number of carbonyl (C=O) groups is 2. The van der Waals surface area contributed by atoms with Crippen LogP contribution in [0.15, 0.2) is 65.6 Å². The molecule has 2 amide bonds. The molecule has 0 fully saturated rings. The first-order valence-corrected chi connectivity index (χ1v) is 14.0. The first kappa shape index (κ1) is 26.5. The van der Waals surface area contributed by atoms with E-state index in [0.29, 0.717) is 29.3 Å². The zero-order valence-electron chi connectivity index (χ0n) is 21.4. The molecule has 1 aliphatic rings. The number of sulfonamides is 1. The van der Waals surface area contributed by atoms with Gasteiger partial charge in [-0.1, -0.05) is 43.3 Å². The molecule has 9 heteroatoms. The predicted octanol–water partition coefficient (Wildman–Crippen LogP) is 4.08. The second-order valence-electron chi connectivity index (χ2n) is 9.15. The molecule has 1 atom stereocenters. The van der Waals surface area contributed by atoms with Crippen LogP contribution in [-0.4, -0.2) is 51.4 Å². The smallest absolute Gasteiger partial charge is 0.265 e. The maximum absolute atomic E-state index is 13.4. The third-order valence-electron chi connectivity index (χ3n) is 6.66. The van der Waals surface area contributed by atoms with Gasteiger partial charge >= 0.3 is 0 Å². The summed E-state index contributed by atoms with van der Waals surface area (Å²) in [6.07, 6.45) is 1.23. The lowest BCUT2D eigenvalue weighted by Crippen LogP contribution is -2.47. The molecule has 0 bridgehead atoms. The number of hydrogen-bond acceptors (Lipinski definition) is 5. The zero-order valence-corrected chi connectivity index (χ0v) is 22.3. The molecule has 0 radical (unpaired) electrons.